The van der Waals surface area contributed by atoms with Gasteiger partial charge in [-0.05, 0) is 82.8 Å². The minimum atomic E-state index is -0.951. The first-order valence-electron chi connectivity index (χ1n) is 11.3. The van der Waals surface area contributed by atoms with Gasteiger partial charge < -0.3 is 9.47 Å². The molecule has 0 bridgehead atoms. The fourth-order valence-electron chi connectivity index (χ4n) is 4.55. The van der Waals surface area contributed by atoms with Crippen molar-refractivity contribution >= 4 is 11.9 Å². The van der Waals surface area contributed by atoms with Gasteiger partial charge in [-0.2, -0.15) is 0 Å². The van der Waals surface area contributed by atoms with E-state index in [2.05, 4.69) is 20.4 Å². The molecule has 2 fully saturated rings. The molecule has 2 aliphatic carbocycles. The van der Waals surface area contributed by atoms with Crippen LogP contribution in [0.25, 0.3) is 0 Å². The summed E-state index contributed by atoms with van der Waals surface area (Å²) in [5, 5.41) is 0. The van der Waals surface area contributed by atoms with Crippen LogP contribution in [0, 0.1) is 22.6 Å². The molecule has 0 saturated heterocycles. The molecule has 0 amide bonds. The molecule has 2 unspecified atom stereocenters. The van der Waals surface area contributed by atoms with Crippen LogP contribution >= 0.6 is 0 Å². The van der Waals surface area contributed by atoms with E-state index in [1.54, 1.807) is 20.8 Å². The Hall–Kier alpha value is -2.17. The summed E-state index contributed by atoms with van der Waals surface area (Å²) in [5.74, 6) is -1.05. The maximum atomic E-state index is 14.9. The highest BCUT2D eigenvalue weighted by Crippen LogP contribution is 2.47. The van der Waals surface area contributed by atoms with Gasteiger partial charge in [0, 0.05) is 11.5 Å². The molecule has 5 heteroatoms. The molecule has 0 N–H and O–H groups in total. The monoisotopic (exact) mass is 430 g/mol. The van der Waals surface area contributed by atoms with E-state index < -0.39 is 23.2 Å². The summed E-state index contributed by atoms with van der Waals surface area (Å²) >= 11 is 0. The molecule has 0 radical (unpaired) electrons. The van der Waals surface area contributed by atoms with Gasteiger partial charge in [-0.3, -0.25) is 4.79 Å². The second kappa shape index (κ2) is 8.76. The molecule has 0 heterocycles. The third-order valence-corrected chi connectivity index (χ3v) is 6.46. The number of carbonyl (C=O) groups is 2. The van der Waals surface area contributed by atoms with Gasteiger partial charge in [-0.1, -0.05) is 26.0 Å². The first-order valence-corrected chi connectivity index (χ1v) is 11.3. The predicted octanol–water partition coefficient (Wildman–Crippen LogP) is 6.58. The number of ether oxygens (including phenoxy) is 2. The van der Waals surface area contributed by atoms with E-state index in [1.807, 2.05) is 0 Å². The number of carbonyl (C=O) groups excluding carboxylic acids is 2. The molecule has 2 saturated carbocycles. The van der Waals surface area contributed by atoms with Crippen LogP contribution in [0.3, 0.4) is 0 Å². The van der Waals surface area contributed by atoms with Crippen LogP contribution in [0.15, 0.2) is 24.3 Å². The molecule has 0 aliphatic heterocycles. The minimum Gasteiger partial charge on any atom is -0.493 e. The lowest BCUT2D eigenvalue weighted by Crippen LogP contribution is -2.34. The molecule has 3 rings (SSSR count). The van der Waals surface area contributed by atoms with Crippen LogP contribution in [-0.4, -0.2) is 18.5 Å². The topological polar surface area (TPSA) is 52.6 Å². The van der Waals surface area contributed by atoms with Gasteiger partial charge in [0.05, 0.1) is 17.6 Å². The van der Waals surface area contributed by atoms with E-state index in [0.717, 1.165) is 44.1 Å². The lowest BCUT2D eigenvalue weighted by atomic mass is 9.67. The second-order valence-corrected chi connectivity index (χ2v) is 10.7. The number of benzene rings is 1. The largest absolute Gasteiger partial charge is 0.493 e. The van der Waals surface area contributed by atoms with Crippen molar-refractivity contribution < 1.29 is 23.5 Å². The van der Waals surface area contributed by atoms with Gasteiger partial charge in [0.2, 0.25) is 0 Å². The number of halogens is 1. The van der Waals surface area contributed by atoms with Crippen molar-refractivity contribution in [2.75, 3.05) is 6.61 Å². The number of esters is 2. The average Bonchev–Trinajstić information content (AvgIpc) is 3.49. The van der Waals surface area contributed by atoms with E-state index in [4.69, 9.17) is 9.47 Å². The summed E-state index contributed by atoms with van der Waals surface area (Å²) in [6, 6.07) is 2.80. The average molecular weight is 431 g/mol. The van der Waals surface area contributed by atoms with Crippen molar-refractivity contribution in [3.05, 3.63) is 41.2 Å². The first kappa shape index (κ1) is 23.5. The molecular weight excluding hydrogens is 395 g/mol. The van der Waals surface area contributed by atoms with Crippen molar-refractivity contribution in [3.63, 3.8) is 0 Å². The van der Waals surface area contributed by atoms with E-state index >= 15 is 0 Å². The first-order chi connectivity index (χ1) is 14.4. The van der Waals surface area contributed by atoms with Gasteiger partial charge in [-0.25, -0.2) is 9.18 Å². The van der Waals surface area contributed by atoms with E-state index in [-0.39, 0.29) is 16.9 Å². The molecule has 1 aromatic carbocycles. The van der Waals surface area contributed by atoms with E-state index in [0.29, 0.717) is 18.3 Å². The molecule has 0 spiro atoms. The molecule has 2 aliphatic rings. The summed E-state index contributed by atoms with van der Waals surface area (Å²) in [6.45, 7) is 14.1. The number of allylic oxidation sites excluding steroid dienone is 1. The van der Waals surface area contributed by atoms with Crippen molar-refractivity contribution in [2.45, 2.75) is 79.1 Å². The zero-order valence-electron chi connectivity index (χ0n) is 19.5. The Morgan fingerprint density at radius 1 is 1.26 bits per heavy atom. The Morgan fingerprint density at radius 2 is 1.94 bits per heavy atom. The maximum absolute atomic E-state index is 14.9. The third kappa shape index (κ3) is 5.55. The van der Waals surface area contributed by atoms with Crippen molar-refractivity contribution in [3.8, 4) is 5.75 Å². The summed E-state index contributed by atoms with van der Waals surface area (Å²) in [6.07, 6.45) is 5.95. The summed E-state index contributed by atoms with van der Waals surface area (Å²) in [7, 11) is 0. The smallest absolute Gasteiger partial charge is 0.348 e. The zero-order chi connectivity index (χ0) is 23.0. The van der Waals surface area contributed by atoms with Crippen LogP contribution < -0.4 is 4.74 Å². The molecule has 31 heavy (non-hydrogen) atoms. The summed E-state index contributed by atoms with van der Waals surface area (Å²) in [4.78, 5) is 24.5. The lowest BCUT2D eigenvalue weighted by molar-refractivity contribution is -0.146. The second-order valence-electron chi connectivity index (χ2n) is 10.7. The standard InChI is InChI=1S/C26H35FO4/c1-7-26(13-16(2)10-17(3)14-26)15-30-22-12-21(27)20(11-19(22)18-8-9-18)23(28)31-24(29)25(4,5)6/h11-12,17-18H,2,7-10,13-15H2,1,3-6H3. The number of rotatable bonds is 6. The van der Waals surface area contributed by atoms with Crippen molar-refractivity contribution in [2.24, 2.45) is 16.7 Å². The highest BCUT2D eigenvalue weighted by Gasteiger charge is 2.37. The lowest BCUT2D eigenvalue weighted by Gasteiger charge is -2.40. The van der Waals surface area contributed by atoms with Crippen LogP contribution in [0.1, 0.15) is 95.0 Å². The molecular formula is C26H35FO4. The fraction of sp³-hybridized carbons (Fsp3) is 0.615. The fourth-order valence-corrected chi connectivity index (χ4v) is 4.55. The highest BCUT2D eigenvalue weighted by molar-refractivity contribution is 5.98. The highest BCUT2D eigenvalue weighted by atomic mass is 19.1. The van der Waals surface area contributed by atoms with Crippen molar-refractivity contribution in [1.29, 1.82) is 0 Å². The van der Waals surface area contributed by atoms with Crippen LogP contribution in [0.2, 0.25) is 0 Å². The molecule has 170 valence electrons. The van der Waals surface area contributed by atoms with Crippen molar-refractivity contribution in [1.82, 2.24) is 0 Å². The molecule has 2 atom stereocenters. The summed E-state index contributed by atoms with van der Waals surface area (Å²) < 4.78 is 26.0. The van der Waals surface area contributed by atoms with Gasteiger partial charge >= 0.3 is 11.9 Å². The Morgan fingerprint density at radius 3 is 2.48 bits per heavy atom. The Balaban J connectivity index is 1.82. The van der Waals surface area contributed by atoms with Crippen LogP contribution in [-0.2, 0) is 9.53 Å². The normalized spacial score (nSPS) is 24.1. The van der Waals surface area contributed by atoms with Gasteiger partial charge in [0.1, 0.15) is 11.6 Å². The quantitative estimate of drug-likeness (QED) is 0.290. The number of hydrogen-bond acceptors (Lipinski definition) is 4. The van der Waals surface area contributed by atoms with Gasteiger partial charge in [-0.15, -0.1) is 0 Å². The SMILES string of the molecule is C=C1CC(C)CC(CC)(COc2cc(F)c(C(=O)OC(=O)C(C)(C)C)cc2C2CC2)C1. The Labute approximate surface area is 185 Å². The van der Waals surface area contributed by atoms with Crippen LogP contribution in [0.5, 0.6) is 5.75 Å². The molecule has 4 nitrogen and oxygen atoms in total. The van der Waals surface area contributed by atoms with Gasteiger partial charge in [0.25, 0.3) is 0 Å². The summed E-state index contributed by atoms with van der Waals surface area (Å²) in [5.41, 5.74) is 1.02. The minimum absolute atomic E-state index is 0.00275. The molecule has 1 aromatic rings. The predicted molar refractivity (Wildman–Crippen MR) is 119 cm³/mol. The third-order valence-electron chi connectivity index (χ3n) is 6.46. The maximum Gasteiger partial charge on any atom is 0.348 e. The Bertz CT molecular complexity index is 878. The zero-order valence-corrected chi connectivity index (χ0v) is 19.5. The number of hydrogen-bond donors (Lipinski definition) is 0. The van der Waals surface area contributed by atoms with E-state index in [1.165, 1.54) is 17.7 Å². The Kier molecular flexibility index (Phi) is 6.64. The van der Waals surface area contributed by atoms with Gasteiger partial charge in [0.15, 0.2) is 0 Å². The molecule has 0 aromatic heterocycles. The van der Waals surface area contributed by atoms with E-state index in [9.17, 15) is 14.0 Å². The van der Waals surface area contributed by atoms with Crippen LogP contribution in [0.4, 0.5) is 4.39 Å².